The lowest BCUT2D eigenvalue weighted by molar-refractivity contribution is -0.119. The van der Waals surface area contributed by atoms with E-state index < -0.39 is 11.7 Å². The number of nitrogens with one attached hydrogen (secondary N) is 2. The fourth-order valence-corrected chi connectivity index (χ4v) is 1.97. The minimum absolute atomic E-state index is 0.0515. The molecule has 0 aromatic heterocycles. The Labute approximate surface area is 121 Å². The van der Waals surface area contributed by atoms with Crippen LogP contribution in [-0.2, 0) is 4.79 Å². The molecule has 1 aliphatic heterocycles. The third kappa shape index (κ3) is 4.04. The van der Waals surface area contributed by atoms with Crippen molar-refractivity contribution in [2.75, 3.05) is 13.2 Å². The summed E-state index contributed by atoms with van der Waals surface area (Å²) in [6, 6.07) is 3.77. The van der Waals surface area contributed by atoms with Gasteiger partial charge in [0, 0.05) is 24.9 Å². The molecule has 0 radical (unpaired) electrons. The molecular formula is C15H15FN2O3. The molecule has 2 rings (SSSR count). The average molecular weight is 290 g/mol. The summed E-state index contributed by atoms with van der Waals surface area (Å²) in [5, 5.41) is 13.8. The largest absolute Gasteiger partial charge is 0.395 e. The topological polar surface area (TPSA) is 78.4 Å². The van der Waals surface area contributed by atoms with Gasteiger partial charge < -0.3 is 15.7 Å². The Hall–Kier alpha value is -2.39. The lowest BCUT2D eigenvalue weighted by atomic mass is 10.1. The molecule has 2 amide bonds. The number of halogens is 1. The summed E-state index contributed by atoms with van der Waals surface area (Å²) < 4.78 is 13.9. The molecule has 110 valence electrons. The van der Waals surface area contributed by atoms with E-state index in [9.17, 15) is 14.0 Å². The highest BCUT2D eigenvalue weighted by Gasteiger charge is 2.24. The molecule has 0 aliphatic carbocycles. The van der Waals surface area contributed by atoms with Crippen molar-refractivity contribution in [2.45, 2.75) is 18.9 Å². The molecule has 1 atom stereocenters. The summed E-state index contributed by atoms with van der Waals surface area (Å²) in [6.07, 6.45) is 0.518. The first-order chi connectivity index (χ1) is 10.1. The van der Waals surface area contributed by atoms with E-state index in [-0.39, 0.29) is 30.5 Å². The predicted octanol–water partition coefficient (Wildman–Crippen LogP) is 0.178. The molecule has 0 spiro atoms. The number of aliphatic hydroxyl groups is 1. The highest BCUT2D eigenvalue weighted by Crippen LogP contribution is 2.11. The maximum absolute atomic E-state index is 13.9. The SMILES string of the molecule is O=C1CC(NC(=O)c2ccc(C#CCCO)cc2F)CN1. The molecule has 6 heteroatoms. The number of amides is 2. The van der Waals surface area contributed by atoms with Crippen LogP contribution in [0.25, 0.3) is 0 Å². The van der Waals surface area contributed by atoms with Crippen molar-refractivity contribution in [1.82, 2.24) is 10.6 Å². The Morgan fingerprint density at radius 1 is 1.52 bits per heavy atom. The monoisotopic (exact) mass is 290 g/mol. The first-order valence-electron chi connectivity index (χ1n) is 6.57. The zero-order valence-corrected chi connectivity index (χ0v) is 11.3. The summed E-state index contributed by atoms with van der Waals surface area (Å²) in [6.45, 7) is 0.307. The number of rotatable bonds is 3. The van der Waals surface area contributed by atoms with Crippen LogP contribution in [0, 0.1) is 17.7 Å². The molecule has 1 saturated heterocycles. The predicted molar refractivity (Wildman–Crippen MR) is 73.9 cm³/mol. The third-order valence-corrected chi connectivity index (χ3v) is 3.00. The van der Waals surface area contributed by atoms with Gasteiger partial charge in [0.15, 0.2) is 0 Å². The van der Waals surface area contributed by atoms with Crippen molar-refractivity contribution < 1.29 is 19.1 Å². The number of hydrogen-bond donors (Lipinski definition) is 3. The molecular weight excluding hydrogens is 275 g/mol. The zero-order chi connectivity index (χ0) is 15.2. The van der Waals surface area contributed by atoms with Crippen molar-refractivity contribution >= 4 is 11.8 Å². The van der Waals surface area contributed by atoms with Gasteiger partial charge >= 0.3 is 0 Å². The van der Waals surface area contributed by atoms with E-state index in [0.29, 0.717) is 18.5 Å². The summed E-state index contributed by atoms with van der Waals surface area (Å²) in [5.74, 6) is 4.03. The molecule has 1 heterocycles. The first-order valence-corrected chi connectivity index (χ1v) is 6.57. The zero-order valence-electron chi connectivity index (χ0n) is 11.3. The lowest BCUT2D eigenvalue weighted by Crippen LogP contribution is -2.36. The lowest BCUT2D eigenvalue weighted by Gasteiger charge is -2.10. The Balaban J connectivity index is 2.05. The van der Waals surface area contributed by atoms with E-state index >= 15 is 0 Å². The normalized spacial score (nSPS) is 16.9. The molecule has 1 aromatic carbocycles. The number of hydrogen-bond acceptors (Lipinski definition) is 3. The van der Waals surface area contributed by atoms with Crippen LogP contribution >= 0.6 is 0 Å². The van der Waals surface area contributed by atoms with Gasteiger partial charge in [-0.1, -0.05) is 11.8 Å². The van der Waals surface area contributed by atoms with Gasteiger partial charge in [-0.2, -0.15) is 0 Å². The Bertz CT molecular complexity index is 619. The number of carbonyl (C=O) groups excluding carboxylic acids is 2. The van der Waals surface area contributed by atoms with Crippen LogP contribution in [-0.4, -0.2) is 36.1 Å². The van der Waals surface area contributed by atoms with Crippen molar-refractivity contribution in [3.05, 3.63) is 35.1 Å². The maximum Gasteiger partial charge on any atom is 0.254 e. The molecule has 1 aliphatic rings. The number of benzene rings is 1. The minimum atomic E-state index is -0.666. The van der Waals surface area contributed by atoms with Gasteiger partial charge in [-0.05, 0) is 18.2 Å². The molecule has 21 heavy (non-hydrogen) atoms. The Morgan fingerprint density at radius 2 is 2.33 bits per heavy atom. The fraction of sp³-hybridized carbons (Fsp3) is 0.333. The van der Waals surface area contributed by atoms with Crippen LogP contribution in [0.1, 0.15) is 28.8 Å². The smallest absolute Gasteiger partial charge is 0.254 e. The van der Waals surface area contributed by atoms with E-state index in [0.717, 1.165) is 0 Å². The number of carbonyl (C=O) groups is 2. The fourth-order valence-electron chi connectivity index (χ4n) is 1.97. The average Bonchev–Trinajstić information content (AvgIpc) is 2.84. The second kappa shape index (κ2) is 6.86. The quantitative estimate of drug-likeness (QED) is 0.695. The van der Waals surface area contributed by atoms with Crippen LogP contribution < -0.4 is 10.6 Å². The molecule has 5 nitrogen and oxygen atoms in total. The molecule has 1 aromatic rings. The molecule has 1 fully saturated rings. The highest BCUT2D eigenvalue weighted by molar-refractivity contribution is 5.95. The first kappa shape index (κ1) is 15.0. The second-order valence-corrected chi connectivity index (χ2v) is 4.65. The van der Waals surface area contributed by atoms with E-state index in [1.54, 1.807) is 6.07 Å². The molecule has 0 saturated carbocycles. The standard InChI is InChI=1S/C15H15FN2O3/c16-13-7-10(3-1-2-6-19)4-5-12(13)15(21)18-11-8-14(20)17-9-11/h4-5,7,11,19H,2,6,8-9H2,(H,17,20)(H,18,21). The molecule has 1 unspecified atom stereocenters. The molecule has 3 N–H and O–H groups in total. The summed E-state index contributed by atoms with van der Waals surface area (Å²) in [5.41, 5.74) is 0.359. The summed E-state index contributed by atoms with van der Waals surface area (Å²) in [4.78, 5) is 23.0. The van der Waals surface area contributed by atoms with Crippen LogP contribution in [0.15, 0.2) is 18.2 Å². The van der Waals surface area contributed by atoms with Gasteiger partial charge in [-0.25, -0.2) is 4.39 Å². The highest BCUT2D eigenvalue weighted by atomic mass is 19.1. The summed E-state index contributed by atoms with van der Waals surface area (Å²) in [7, 11) is 0. The van der Waals surface area contributed by atoms with E-state index in [1.165, 1.54) is 12.1 Å². The van der Waals surface area contributed by atoms with Crippen molar-refractivity contribution in [3.63, 3.8) is 0 Å². The van der Waals surface area contributed by atoms with Crippen LogP contribution in [0.4, 0.5) is 4.39 Å². The third-order valence-electron chi connectivity index (χ3n) is 3.00. The van der Waals surface area contributed by atoms with Gasteiger partial charge in [0.05, 0.1) is 18.2 Å². The van der Waals surface area contributed by atoms with Gasteiger partial charge in [0.25, 0.3) is 5.91 Å². The summed E-state index contributed by atoms with van der Waals surface area (Å²) >= 11 is 0. The van der Waals surface area contributed by atoms with Crippen molar-refractivity contribution in [2.24, 2.45) is 0 Å². The number of aliphatic hydroxyl groups excluding tert-OH is 1. The molecule has 0 bridgehead atoms. The Morgan fingerprint density at radius 3 is 2.95 bits per heavy atom. The van der Waals surface area contributed by atoms with Crippen LogP contribution in [0.2, 0.25) is 0 Å². The van der Waals surface area contributed by atoms with Crippen LogP contribution in [0.3, 0.4) is 0 Å². The second-order valence-electron chi connectivity index (χ2n) is 4.65. The van der Waals surface area contributed by atoms with Gasteiger partial charge in [-0.15, -0.1) is 0 Å². The van der Waals surface area contributed by atoms with Gasteiger partial charge in [0.2, 0.25) is 5.91 Å². The van der Waals surface area contributed by atoms with E-state index in [1.807, 2.05) is 0 Å². The van der Waals surface area contributed by atoms with Gasteiger partial charge in [0.1, 0.15) is 5.82 Å². The Kier molecular flexibility index (Phi) is 4.90. The maximum atomic E-state index is 13.9. The van der Waals surface area contributed by atoms with Crippen LogP contribution in [0.5, 0.6) is 0 Å². The van der Waals surface area contributed by atoms with E-state index in [4.69, 9.17) is 5.11 Å². The van der Waals surface area contributed by atoms with Gasteiger partial charge in [-0.3, -0.25) is 9.59 Å². The minimum Gasteiger partial charge on any atom is -0.395 e. The van der Waals surface area contributed by atoms with Crippen molar-refractivity contribution in [3.8, 4) is 11.8 Å². The van der Waals surface area contributed by atoms with Crippen molar-refractivity contribution in [1.29, 1.82) is 0 Å². The van der Waals surface area contributed by atoms with E-state index in [2.05, 4.69) is 22.5 Å².